The first kappa shape index (κ1) is 19.1. The van der Waals surface area contributed by atoms with Crippen molar-refractivity contribution in [2.75, 3.05) is 0 Å². The van der Waals surface area contributed by atoms with Crippen LogP contribution in [0.5, 0.6) is 0 Å². The Morgan fingerprint density at radius 1 is 0.632 bits per heavy atom. The molecule has 0 aliphatic carbocycles. The SMILES string of the molecule is BC(C)(C)C(C)(CCCCCC)CCCCCCC. The van der Waals surface area contributed by atoms with Crippen molar-refractivity contribution in [3.8, 4) is 0 Å². The third-order valence-electron chi connectivity index (χ3n) is 5.22. The van der Waals surface area contributed by atoms with Gasteiger partial charge in [0.25, 0.3) is 0 Å². The van der Waals surface area contributed by atoms with Gasteiger partial charge in [-0.05, 0) is 18.3 Å². The molecule has 0 aliphatic rings. The lowest BCUT2D eigenvalue weighted by Crippen LogP contribution is -2.30. The Labute approximate surface area is 124 Å². The Morgan fingerprint density at radius 3 is 1.37 bits per heavy atom. The van der Waals surface area contributed by atoms with E-state index in [1.54, 1.807) is 0 Å². The van der Waals surface area contributed by atoms with Crippen LogP contribution in [-0.2, 0) is 0 Å². The molecule has 0 bridgehead atoms. The molecule has 1 heteroatoms. The highest BCUT2D eigenvalue weighted by Crippen LogP contribution is 2.49. The second kappa shape index (κ2) is 9.89. The zero-order chi connectivity index (χ0) is 14.8. The fraction of sp³-hybridized carbons (Fsp3) is 1.00. The molecular weight excluding hydrogens is 227 g/mol. The van der Waals surface area contributed by atoms with E-state index in [9.17, 15) is 0 Å². The largest absolute Gasteiger partial charge is 0.109 e. The van der Waals surface area contributed by atoms with Crippen molar-refractivity contribution >= 4 is 7.85 Å². The third-order valence-corrected chi connectivity index (χ3v) is 5.22. The summed E-state index contributed by atoms with van der Waals surface area (Å²) in [5.74, 6) is 0. The van der Waals surface area contributed by atoms with E-state index in [0.29, 0.717) is 10.7 Å². The predicted octanol–water partition coefficient (Wildman–Crippen LogP) is 6.16. The lowest BCUT2D eigenvalue weighted by Gasteiger charge is -2.43. The van der Waals surface area contributed by atoms with Crippen LogP contribution in [0, 0.1) is 5.41 Å². The zero-order valence-corrected chi connectivity index (χ0v) is 14.8. The molecule has 0 rings (SSSR count). The van der Waals surface area contributed by atoms with Crippen LogP contribution in [0.3, 0.4) is 0 Å². The first-order valence-corrected chi connectivity index (χ1v) is 8.87. The molecule has 0 aromatic rings. The van der Waals surface area contributed by atoms with E-state index in [4.69, 9.17) is 0 Å². The first-order valence-electron chi connectivity index (χ1n) is 8.87. The molecular formula is C18H39B. The van der Waals surface area contributed by atoms with Crippen LogP contribution in [0.4, 0.5) is 0 Å². The summed E-state index contributed by atoms with van der Waals surface area (Å²) in [6.45, 7) is 12.0. The third kappa shape index (κ3) is 8.05. The van der Waals surface area contributed by atoms with E-state index >= 15 is 0 Å². The van der Waals surface area contributed by atoms with Gasteiger partial charge in [-0.15, -0.1) is 0 Å². The predicted molar refractivity (Wildman–Crippen MR) is 92.8 cm³/mol. The second-order valence-corrected chi connectivity index (χ2v) is 7.79. The Kier molecular flexibility index (Phi) is 9.92. The number of rotatable bonds is 12. The summed E-state index contributed by atoms with van der Waals surface area (Å²) >= 11 is 0. The molecule has 1 unspecified atom stereocenters. The summed E-state index contributed by atoms with van der Waals surface area (Å²) in [4.78, 5) is 0. The van der Waals surface area contributed by atoms with Crippen LogP contribution < -0.4 is 0 Å². The van der Waals surface area contributed by atoms with E-state index in [1.165, 1.54) is 70.6 Å². The van der Waals surface area contributed by atoms with Gasteiger partial charge in [0.1, 0.15) is 7.85 Å². The fourth-order valence-corrected chi connectivity index (χ4v) is 2.94. The van der Waals surface area contributed by atoms with Gasteiger partial charge in [0, 0.05) is 0 Å². The van der Waals surface area contributed by atoms with E-state index in [0.717, 1.165) is 0 Å². The van der Waals surface area contributed by atoms with Crippen molar-refractivity contribution < 1.29 is 0 Å². The highest BCUT2D eigenvalue weighted by atomic mass is 14.4. The van der Waals surface area contributed by atoms with Crippen molar-refractivity contribution in [3.63, 3.8) is 0 Å². The molecule has 1 atom stereocenters. The monoisotopic (exact) mass is 266 g/mol. The van der Waals surface area contributed by atoms with Crippen LogP contribution in [0.1, 0.15) is 105 Å². The quantitative estimate of drug-likeness (QED) is 0.293. The standard InChI is InChI=1S/C18H39B/c1-6-8-10-12-14-16-18(5,17(3,4)19)15-13-11-9-7-2/h6-16,19H2,1-5H3. The maximum atomic E-state index is 2.54. The van der Waals surface area contributed by atoms with Gasteiger partial charge in [0.15, 0.2) is 0 Å². The van der Waals surface area contributed by atoms with Crippen LogP contribution in [0.25, 0.3) is 0 Å². The van der Waals surface area contributed by atoms with Gasteiger partial charge in [-0.2, -0.15) is 0 Å². The fourth-order valence-electron chi connectivity index (χ4n) is 2.94. The minimum atomic E-state index is 0.448. The Bertz CT molecular complexity index is 204. The van der Waals surface area contributed by atoms with Crippen molar-refractivity contribution in [3.05, 3.63) is 0 Å². The molecule has 0 aromatic carbocycles. The molecule has 0 N–H and O–H groups in total. The summed E-state index contributed by atoms with van der Waals surface area (Å²) in [5.41, 5.74) is 0.535. The molecule has 0 aliphatic heterocycles. The lowest BCUT2D eigenvalue weighted by atomic mass is 9.52. The van der Waals surface area contributed by atoms with Crippen LogP contribution in [-0.4, -0.2) is 7.85 Å². The highest BCUT2D eigenvalue weighted by molar-refractivity contribution is 6.15. The van der Waals surface area contributed by atoms with Gasteiger partial charge in [0.2, 0.25) is 0 Å². The summed E-state index contributed by atoms with van der Waals surface area (Å²) in [5, 5.41) is 0.448. The van der Waals surface area contributed by atoms with Gasteiger partial charge in [-0.3, -0.25) is 0 Å². The van der Waals surface area contributed by atoms with Gasteiger partial charge >= 0.3 is 0 Å². The average molecular weight is 266 g/mol. The molecule has 0 aromatic heterocycles. The molecule has 114 valence electrons. The van der Waals surface area contributed by atoms with Gasteiger partial charge in [0.05, 0.1) is 0 Å². The van der Waals surface area contributed by atoms with Crippen LogP contribution >= 0.6 is 0 Å². The van der Waals surface area contributed by atoms with Gasteiger partial charge in [-0.25, -0.2) is 0 Å². The first-order chi connectivity index (χ1) is 8.87. The summed E-state index contributed by atoms with van der Waals surface area (Å²) < 4.78 is 0. The molecule has 0 fully saturated rings. The minimum absolute atomic E-state index is 0.448. The maximum absolute atomic E-state index is 2.54. The molecule has 0 amide bonds. The van der Waals surface area contributed by atoms with Crippen molar-refractivity contribution in [2.45, 2.75) is 111 Å². The highest BCUT2D eigenvalue weighted by Gasteiger charge is 2.35. The van der Waals surface area contributed by atoms with Gasteiger partial charge in [-0.1, -0.05) is 97.7 Å². The summed E-state index contributed by atoms with van der Waals surface area (Å²) in [7, 11) is 2.44. The molecule has 0 saturated carbocycles. The number of unbranched alkanes of at least 4 members (excludes halogenated alkanes) is 7. The Hall–Kier alpha value is 0.0649. The topological polar surface area (TPSA) is 0 Å². The maximum Gasteiger partial charge on any atom is 0.109 e. The molecule has 0 nitrogen and oxygen atoms in total. The number of hydrogen-bond acceptors (Lipinski definition) is 0. The van der Waals surface area contributed by atoms with Crippen LogP contribution in [0.2, 0.25) is 5.31 Å². The van der Waals surface area contributed by atoms with E-state index in [-0.39, 0.29) is 0 Å². The Morgan fingerprint density at radius 2 is 1.00 bits per heavy atom. The van der Waals surface area contributed by atoms with Crippen LogP contribution in [0.15, 0.2) is 0 Å². The number of hydrogen-bond donors (Lipinski definition) is 0. The van der Waals surface area contributed by atoms with E-state index in [1.807, 2.05) is 0 Å². The zero-order valence-electron chi connectivity index (χ0n) is 14.8. The van der Waals surface area contributed by atoms with Gasteiger partial charge < -0.3 is 0 Å². The summed E-state index contributed by atoms with van der Waals surface area (Å²) in [6.07, 6.45) is 15.5. The molecule has 0 saturated heterocycles. The minimum Gasteiger partial charge on any atom is -0.0667 e. The molecule has 19 heavy (non-hydrogen) atoms. The second-order valence-electron chi connectivity index (χ2n) is 7.79. The van der Waals surface area contributed by atoms with Crippen molar-refractivity contribution in [1.82, 2.24) is 0 Å². The summed E-state index contributed by atoms with van der Waals surface area (Å²) in [6, 6.07) is 0. The lowest BCUT2D eigenvalue weighted by molar-refractivity contribution is 0.182. The molecule has 0 heterocycles. The van der Waals surface area contributed by atoms with Crippen molar-refractivity contribution in [2.24, 2.45) is 5.41 Å². The van der Waals surface area contributed by atoms with Crippen molar-refractivity contribution in [1.29, 1.82) is 0 Å². The normalized spacial score (nSPS) is 15.4. The molecule has 0 spiro atoms. The Balaban J connectivity index is 4.13. The molecule has 0 radical (unpaired) electrons. The average Bonchev–Trinajstić information content (AvgIpc) is 2.33. The smallest absolute Gasteiger partial charge is 0.0667 e. The van der Waals surface area contributed by atoms with E-state index in [2.05, 4.69) is 42.5 Å². The van der Waals surface area contributed by atoms with E-state index < -0.39 is 0 Å².